The van der Waals surface area contributed by atoms with E-state index >= 15 is 0 Å². The number of aliphatic carboxylic acids is 2. The van der Waals surface area contributed by atoms with Crippen LogP contribution in [0.5, 0.6) is 0 Å². The van der Waals surface area contributed by atoms with E-state index in [1.165, 1.54) is 141 Å². The number of carbonyl (C=O) groups is 2. The Bertz CT molecular complexity index is 408. The van der Waals surface area contributed by atoms with Crippen LogP contribution in [-0.4, -0.2) is 45.9 Å². The third kappa shape index (κ3) is 54.4. The Labute approximate surface area is 258 Å². The van der Waals surface area contributed by atoms with Crippen LogP contribution in [0.25, 0.3) is 0 Å². The zero-order chi connectivity index (χ0) is 27.0. The fourth-order valence-corrected chi connectivity index (χ4v) is 4.57. The molecule has 4 N–H and O–H groups in total. The molecule has 0 aromatic rings. The molecule has 0 saturated carbocycles. The van der Waals surface area contributed by atoms with Crippen LogP contribution < -0.4 is 10.2 Å². The zero-order valence-electron chi connectivity index (χ0n) is 26.1. The molecule has 0 aliphatic rings. The second-order valence-corrected chi connectivity index (χ2v) is 10.7. The third-order valence-electron chi connectivity index (χ3n) is 6.97. The van der Waals surface area contributed by atoms with Crippen molar-refractivity contribution < 1.29 is 30.8 Å². The van der Waals surface area contributed by atoms with Crippen molar-refractivity contribution in [2.45, 2.75) is 194 Å². The van der Waals surface area contributed by atoms with E-state index in [0.29, 0.717) is 0 Å². The monoisotopic (exact) mass is 570 g/mol. The summed E-state index contributed by atoms with van der Waals surface area (Å²) in [5, 5.41) is 20.4. The van der Waals surface area contributed by atoms with Crippen molar-refractivity contribution in [2.75, 3.05) is 0 Å². The van der Waals surface area contributed by atoms with Crippen LogP contribution in [0.15, 0.2) is 0 Å². The molecule has 0 spiro atoms. The molecule has 0 atom stereocenters. The summed E-state index contributed by atoms with van der Waals surface area (Å²) in [6, 6.07) is 0. The minimum Gasteiger partial charge on any atom is -0.550 e. The van der Waals surface area contributed by atoms with Crippen molar-refractivity contribution in [3.63, 3.8) is 0 Å². The number of rotatable bonds is 28. The summed E-state index contributed by atoms with van der Waals surface area (Å²) in [5.74, 6) is -1.81. The van der Waals surface area contributed by atoms with Crippen molar-refractivity contribution >= 4 is 35.0 Å². The maximum Gasteiger partial charge on any atom is 2.00 e. The molecule has 0 radical (unpaired) electrons. The molecule has 0 bridgehead atoms. The molecule has 0 saturated heterocycles. The van der Waals surface area contributed by atoms with E-state index in [1.807, 2.05) is 0 Å². The van der Waals surface area contributed by atoms with Gasteiger partial charge in [0, 0.05) is 11.9 Å². The molecule has 7 heteroatoms. The van der Waals surface area contributed by atoms with E-state index in [0.717, 1.165) is 25.7 Å². The van der Waals surface area contributed by atoms with E-state index in [-0.39, 0.29) is 46.8 Å². The Morgan fingerprint density at radius 3 is 0.667 bits per heavy atom. The third-order valence-corrected chi connectivity index (χ3v) is 6.97. The first-order valence-corrected chi connectivity index (χ1v) is 15.9. The van der Waals surface area contributed by atoms with Gasteiger partial charge in [-0.25, -0.2) is 0 Å². The number of hydrogen-bond acceptors (Lipinski definition) is 4. The number of carbonyl (C=O) groups excluding carboxylic acids is 2. The van der Waals surface area contributed by atoms with Crippen molar-refractivity contribution in [1.82, 2.24) is 0 Å². The van der Waals surface area contributed by atoms with Crippen LogP contribution in [0.4, 0.5) is 0 Å². The van der Waals surface area contributed by atoms with Crippen molar-refractivity contribution in [3.05, 3.63) is 0 Å². The van der Waals surface area contributed by atoms with Gasteiger partial charge < -0.3 is 30.8 Å². The van der Waals surface area contributed by atoms with Gasteiger partial charge in [0.15, 0.2) is 0 Å². The summed E-state index contributed by atoms with van der Waals surface area (Å²) in [4.78, 5) is 20.4. The summed E-state index contributed by atoms with van der Waals surface area (Å²) >= 11 is 0. The van der Waals surface area contributed by atoms with Crippen LogP contribution in [-0.2, 0) is 9.59 Å². The van der Waals surface area contributed by atoms with Crippen molar-refractivity contribution in [2.24, 2.45) is 0 Å². The molecular weight excluding hydrogens is 505 g/mol. The first kappa shape index (κ1) is 48.4. The maximum absolute atomic E-state index is 10.2. The maximum atomic E-state index is 10.2. The molecule has 232 valence electrons. The first-order valence-electron chi connectivity index (χ1n) is 15.9. The molecular formula is C32H66MgO6. The quantitative estimate of drug-likeness (QED) is 0.0790. The molecule has 0 aromatic heterocycles. The molecule has 0 unspecified atom stereocenters. The van der Waals surface area contributed by atoms with E-state index in [4.69, 9.17) is 0 Å². The molecule has 0 aliphatic heterocycles. The summed E-state index contributed by atoms with van der Waals surface area (Å²) in [6.45, 7) is 4.51. The van der Waals surface area contributed by atoms with Crippen LogP contribution >= 0.6 is 0 Å². The molecule has 0 fully saturated rings. The minimum atomic E-state index is -0.905. The van der Waals surface area contributed by atoms with Gasteiger partial charge in [-0.3, -0.25) is 0 Å². The predicted octanol–water partition coefficient (Wildman–Crippen LogP) is 6.41. The summed E-state index contributed by atoms with van der Waals surface area (Å²) in [5.41, 5.74) is 0. The van der Waals surface area contributed by atoms with Crippen LogP contribution in [0.3, 0.4) is 0 Å². The fourth-order valence-electron chi connectivity index (χ4n) is 4.57. The summed E-state index contributed by atoms with van der Waals surface area (Å²) in [6.07, 6.45) is 33.9. The van der Waals surface area contributed by atoms with Gasteiger partial charge in [0.2, 0.25) is 0 Å². The number of carboxylic acid groups (broad SMARTS) is 2. The minimum absolute atomic E-state index is 0. The van der Waals surface area contributed by atoms with Gasteiger partial charge in [0.05, 0.1) is 0 Å². The number of hydrogen-bond donors (Lipinski definition) is 0. The van der Waals surface area contributed by atoms with Gasteiger partial charge in [-0.15, -0.1) is 0 Å². The zero-order valence-corrected chi connectivity index (χ0v) is 27.6. The standard InChI is InChI=1S/2C16H32O2.Mg.2H2O/c2*1-2-3-4-5-6-7-8-9-10-11-12-13-14-15-16(17)18;;;/h2*2-15H2,1H3,(H,17,18);;2*1H2/q;;+2;;/p-2. The second kappa shape index (κ2) is 44.6. The Morgan fingerprint density at radius 1 is 0.359 bits per heavy atom. The molecule has 0 amide bonds. The largest absolute Gasteiger partial charge is 2.00 e. The van der Waals surface area contributed by atoms with Crippen LogP contribution in [0.1, 0.15) is 194 Å². The summed E-state index contributed by atoms with van der Waals surface area (Å²) in [7, 11) is 0. The number of carboxylic acids is 2. The second-order valence-electron chi connectivity index (χ2n) is 10.7. The van der Waals surface area contributed by atoms with Gasteiger partial charge in [-0.05, 0) is 25.7 Å². The Balaban J connectivity index is -0.000000183. The molecule has 6 nitrogen and oxygen atoms in total. The van der Waals surface area contributed by atoms with Gasteiger partial charge in [-0.2, -0.15) is 0 Å². The van der Waals surface area contributed by atoms with E-state index in [2.05, 4.69) is 13.8 Å². The van der Waals surface area contributed by atoms with Crippen molar-refractivity contribution in [3.8, 4) is 0 Å². The Morgan fingerprint density at radius 2 is 0.513 bits per heavy atom. The normalized spacial score (nSPS) is 9.90. The van der Waals surface area contributed by atoms with E-state index in [9.17, 15) is 19.8 Å². The van der Waals surface area contributed by atoms with E-state index in [1.54, 1.807) is 0 Å². The van der Waals surface area contributed by atoms with Gasteiger partial charge in [0.1, 0.15) is 0 Å². The Kier molecular flexibility index (Phi) is 55.4. The van der Waals surface area contributed by atoms with Gasteiger partial charge >= 0.3 is 23.1 Å². The average Bonchev–Trinajstić information content (AvgIpc) is 2.85. The first-order chi connectivity index (χ1) is 17.5. The fraction of sp³-hybridized carbons (Fsp3) is 0.938. The van der Waals surface area contributed by atoms with Crippen molar-refractivity contribution in [1.29, 1.82) is 0 Å². The van der Waals surface area contributed by atoms with Gasteiger partial charge in [-0.1, -0.05) is 168 Å². The predicted molar refractivity (Wildman–Crippen MR) is 164 cm³/mol. The van der Waals surface area contributed by atoms with Crippen LogP contribution in [0, 0.1) is 0 Å². The molecule has 0 heterocycles. The molecule has 39 heavy (non-hydrogen) atoms. The molecule has 0 rings (SSSR count). The van der Waals surface area contributed by atoms with Gasteiger partial charge in [0.25, 0.3) is 0 Å². The molecule has 0 aromatic carbocycles. The smallest absolute Gasteiger partial charge is 0.550 e. The topological polar surface area (TPSA) is 143 Å². The Hall–Kier alpha value is -0.374. The summed E-state index contributed by atoms with van der Waals surface area (Å²) < 4.78 is 0. The molecule has 0 aliphatic carbocycles. The van der Waals surface area contributed by atoms with E-state index < -0.39 is 11.9 Å². The average molecular weight is 571 g/mol. The van der Waals surface area contributed by atoms with Crippen LogP contribution in [0.2, 0.25) is 0 Å². The SMILES string of the molecule is CCCCCCCCCCCCCCCC(=O)[O-].CCCCCCCCCCCCCCCC(=O)[O-].O.O.[Mg+2]. The number of unbranched alkanes of at least 4 members (excludes halogenated alkanes) is 24.